The number of nitrogens with zero attached hydrogens (tertiary/aromatic N) is 1. The van der Waals surface area contributed by atoms with Crippen LogP contribution in [0.15, 0.2) is 66.7 Å². The van der Waals surface area contributed by atoms with E-state index in [9.17, 15) is 4.79 Å². The summed E-state index contributed by atoms with van der Waals surface area (Å²) in [7, 11) is 0. The van der Waals surface area contributed by atoms with Crippen molar-refractivity contribution in [2.24, 2.45) is 0 Å². The first-order chi connectivity index (χ1) is 12.2. The molecule has 0 bridgehead atoms. The lowest BCUT2D eigenvalue weighted by atomic mass is 10.0. The Morgan fingerprint density at radius 3 is 2.68 bits per heavy atom. The van der Waals surface area contributed by atoms with Crippen molar-refractivity contribution in [3.8, 4) is 11.8 Å². The fourth-order valence-corrected chi connectivity index (χ4v) is 2.65. The summed E-state index contributed by atoms with van der Waals surface area (Å²) in [4.78, 5) is 12.1. The highest BCUT2D eigenvalue weighted by Gasteiger charge is 2.11. The quantitative estimate of drug-likeness (QED) is 0.770. The van der Waals surface area contributed by atoms with E-state index in [1.165, 1.54) is 5.39 Å². The second kappa shape index (κ2) is 7.50. The number of rotatable bonds is 5. The van der Waals surface area contributed by atoms with Gasteiger partial charge in [-0.1, -0.05) is 42.5 Å². The molecule has 3 rings (SSSR count). The Kier molecular flexibility index (Phi) is 4.96. The number of hydrogen-bond acceptors (Lipinski definition) is 3. The topological polar surface area (TPSA) is 62.1 Å². The Labute approximate surface area is 146 Å². The summed E-state index contributed by atoms with van der Waals surface area (Å²) < 4.78 is 5.45. The molecule has 3 aromatic rings. The molecule has 0 fully saturated rings. The highest BCUT2D eigenvalue weighted by atomic mass is 16.5. The van der Waals surface area contributed by atoms with Crippen LogP contribution >= 0.6 is 0 Å². The van der Waals surface area contributed by atoms with Gasteiger partial charge in [-0.3, -0.25) is 4.79 Å². The molecule has 0 heterocycles. The van der Waals surface area contributed by atoms with E-state index in [0.717, 1.165) is 10.9 Å². The van der Waals surface area contributed by atoms with E-state index < -0.39 is 0 Å². The largest absolute Gasteiger partial charge is 0.484 e. The molecule has 4 nitrogen and oxygen atoms in total. The van der Waals surface area contributed by atoms with Gasteiger partial charge in [-0.15, -0.1) is 0 Å². The molecule has 0 aliphatic heterocycles. The van der Waals surface area contributed by atoms with Gasteiger partial charge in [-0.25, -0.2) is 0 Å². The minimum Gasteiger partial charge on any atom is -0.484 e. The Morgan fingerprint density at radius 1 is 1.08 bits per heavy atom. The van der Waals surface area contributed by atoms with Crippen LogP contribution in [0.25, 0.3) is 10.8 Å². The molecule has 0 radical (unpaired) electrons. The van der Waals surface area contributed by atoms with E-state index in [4.69, 9.17) is 10.00 Å². The van der Waals surface area contributed by atoms with Gasteiger partial charge >= 0.3 is 0 Å². The van der Waals surface area contributed by atoms with Gasteiger partial charge in [0, 0.05) is 0 Å². The number of benzene rings is 3. The summed E-state index contributed by atoms with van der Waals surface area (Å²) in [6, 6.07) is 22.9. The maximum absolute atomic E-state index is 12.1. The number of hydrogen-bond donors (Lipinski definition) is 1. The molecule has 0 saturated carbocycles. The van der Waals surface area contributed by atoms with Crippen molar-refractivity contribution >= 4 is 16.7 Å². The maximum atomic E-state index is 12.1. The molecule has 1 unspecified atom stereocenters. The zero-order valence-corrected chi connectivity index (χ0v) is 13.9. The molecule has 0 saturated heterocycles. The molecule has 4 heteroatoms. The van der Waals surface area contributed by atoms with Crippen LogP contribution < -0.4 is 10.1 Å². The van der Waals surface area contributed by atoms with Crippen molar-refractivity contribution in [1.29, 1.82) is 5.26 Å². The van der Waals surface area contributed by atoms with Gasteiger partial charge in [0.15, 0.2) is 6.61 Å². The summed E-state index contributed by atoms with van der Waals surface area (Å²) >= 11 is 0. The Hall–Kier alpha value is -3.32. The number of ether oxygens (including phenoxy) is 1. The standard InChI is InChI=1S/C21H18N2O2/c1-15(18-10-9-17-6-2-3-7-19(17)12-18)23-21(24)14-25-20-8-4-5-16(11-20)13-22/h2-12,15H,14H2,1H3,(H,23,24). The van der Waals surface area contributed by atoms with Gasteiger partial charge in [-0.05, 0) is 47.5 Å². The fraction of sp³-hybridized carbons (Fsp3) is 0.143. The zero-order chi connectivity index (χ0) is 17.6. The third-order valence-corrected chi connectivity index (χ3v) is 3.98. The molecule has 1 N–H and O–H groups in total. The molecule has 124 valence electrons. The lowest BCUT2D eigenvalue weighted by Gasteiger charge is -2.15. The second-order valence-electron chi connectivity index (χ2n) is 5.82. The van der Waals surface area contributed by atoms with Crippen LogP contribution in [0.5, 0.6) is 5.75 Å². The van der Waals surface area contributed by atoms with Crippen LogP contribution in [-0.2, 0) is 4.79 Å². The molecule has 0 aliphatic rings. The molecule has 1 amide bonds. The normalized spacial score (nSPS) is 11.5. The summed E-state index contributed by atoms with van der Waals surface area (Å²) in [6.07, 6.45) is 0. The predicted octanol–water partition coefficient (Wildman–Crippen LogP) is 3.97. The molecular formula is C21H18N2O2. The number of carbonyl (C=O) groups excluding carboxylic acids is 1. The Bertz CT molecular complexity index is 944. The van der Waals surface area contributed by atoms with Crippen molar-refractivity contribution in [2.75, 3.05) is 6.61 Å². The molecule has 0 aliphatic carbocycles. The summed E-state index contributed by atoms with van der Waals surface area (Å²) in [5.74, 6) is 0.301. The van der Waals surface area contributed by atoms with Crippen molar-refractivity contribution in [3.05, 3.63) is 77.9 Å². The number of fused-ring (bicyclic) bond motifs is 1. The number of nitrogens with one attached hydrogen (secondary N) is 1. The first-order valence-electron chi connectivity index (χ1n) is 8.07. The van der Waals surface area contributed by atoms with Crippen LogP contribution in [0.3, 0.4) is 0 Å². The summed E-state index contributed by atoms with van der Waals surface area (Å²) in [6.45, 7) is 1.85. The van der Waals surface area contributed by atoms with Crippen LogP contribution in [0.2, 0.25) is 0 Å². The van der Waals surface area contributed by atoms with E-state index in [-0.39, 0.29) is 18.6 Å². The fourth-order valence-electron chi connectivity index (χ4n) is 2.65. The Balaban J connectivity index is 1.60. The average molecular weight is 330 g/mol. The van der Waals surface area contributed by atoms with Gasteiger partial charge in [0.05, 0.1) is 17.7 Å². The van der Waals surface area contributed by atoms with Crippen molar-refractivity contribution in [1.82, 2.24) is 5.32 Å². The van der Waals surface area contributed by atoms with E-state index in [0.29, 0.717) is 11.3 Å². The lowest BCUT2D eigenvalue weighted by molar-refractivity contribution is -0.123. The van der Waals surface area contributed by atoms with Gasteiger partial charge in [0.25, 0.3) is 5.91 Å². The van der Waals surface area contributed by atoms with E-state index in [1.807, 2.05) is 31.2 Å². The molecule has 0 spiro atoms. The second-order valence-corrected chi connectivity index (χ2v) is 5.82. The highest BCUT2D eigenvalue weighted by Crippen LogP contribution is 2.20. The van der Waals surface area contributed by atoms with Crippen molar-refractivity contribution in [3.63, 3.8) is 0 Å². The van der Waals surface area contributed by atoms with Crippen LogP contribution in [0.1, 0.15) is 24.1 Å². The van der Waals surface area contributed by atoms with Crippen molar-refractivity contribution in [2.45, 2.75) is 13.0 Å². The first-order valence-corrected chi connectivity index (χ1v) is 8.07. The lowest BCUT2D eigenvalue weighted by Crippen LogP contribution is -2.31. The number of amides is 1. The molecule has 1 atom stereocenters. The minimum atomic E-state index is -0.206. The highest BCUT2D eigenvalue weighted by molar-refractivity contribution is 5.83. The van der Waals surface area contributed by atoms with Gasteiger partial charge in [-0.2, -0.15) is 5.26 Å². The SMILES string of the molecule is CC(NC(=O)COc1cccc(C#N)c1)c1ccc2ccccc2c1. The molecule has 25 heavy (non-hydrogen) atoms. The average Bonchev–Trinajstić information content (AvgIpc) is 2.66. The van der Waals surface area contributed by atoms with E-state index in [2.05, 4.69) is 29.6 Å². The third-order valence-electron chi connectivity index (χ3n) is 3.98. The smallest absolute Gasteiger partial charge is 0.258 e. The van der Waals surface area contributed by atoms with Crippen molar-refractivity contribution < 1.29 is 9.53 Å². The zero-order valence-electron chi connectivity index (χ0n) is 13.9. The molecule has 3 aromatic carbocycles. The minimum absolute atomic E-state index is 0.0905. The van der Waals surface area contributed by atoms with Gasteiger partial charge < -0.3 is 10.1 Å². The number of nitriles is 1. The van der Waals surface area contributed by atoms with E-state index >= 15 is 0 Å². The monoisotopic (exact) mass is 330 g/mol. The maximum Gasteiger partial charge on any atom is 0.258 e. The first kappa shape index (κ1) is 16.5. The van der Waals surface area contributed by atoms with Crippen LogP contribution in [-0.4, -0.2) is 12.5 Å². The number of carbonyl (C=O) groups is 1. The summed E-state index contributed by atoms with van der Waals surface area (Å²) in [5, 5.41) is 14.1. The summed E-state index contributed by atoms with van der Waals surface area (Å²) in [5.41, 5.74) is 1.54. The van der Waals surface area contributed by atoms with Gasteiger partial charge in [0.2, 0.25) is 0 Å². The Morgan fingerprint density at radius 2 is 1.88 bits per heavy atom. The van der Waals surface area contributed by atoms with E-state index in [1.54, 1.807) is 24.3 Å². The predicted molar refractivity (Wildman–Crippen MR) is 97.2 cm³/mol. The third kappa shape index (κ3) is 4.15. The molecule has 0 aromatic heterocycles. The van der Waals surface area contributed by atoms with Gasteiger partial charge in [0.1, 0.15) is 5.75 Å². The van der Waals surface area contributed by atoms with Crippen LogP contribution in [0, 0.1) is 11.3 Å². The molecular weight excluding hydrogens is 312 g/mol. The van der Waals surface area contributed by atoms with Crippen LogP contribution in [0.4, 0.5) is 0 Å².